The molecule has 4 rings (SSSR count). The van der Waals surface area contributed by atoms with E-state index in [1.165, 1.54) is 6.07 Å². The van der Waals surface area contributed by atoms with E-state index in [1.807, 2.05) is 0 Å². The Morgan fingerprint density at radius 1 is 1.00 bits per heavy atom. The van der Waals surface area contributed by atoms with Crippen molar-refractivity contribution in [3.8, 4) is 0 Å². The summed E-state index contributed by atoms with van der Waals surface area (Å²) in [5, 5.41) is 5.53. The maximum absolute atomic E-state index is 13.5. The zero-order valence-corrected chi connectivity index (χ0v) is 22.2. The molecule has 2 aromatic carbocycles. The Morgan fingerprint density at radius 3 is 2.23 bits per heavy atom. The number of nitrogens with one attached hydrogen (secondary N) is 2. The molecule has 210 valence electrons. The van der Waals surface area contributed by atoms with Crippen LogP contribution in [0.25, 0.3) is 0 Å². The van der Waals surface area contributed by atoms with Gasteiger partial charge in [-0.2, -0.15) is 13.2 Å². The maximum Gasteiger partial charge on any atom is 0.416 e. The smallest absolute Gasteiger partial charge is 0.363 e. The molecule has 1 heterocycles. The van der Waals surface area contributed by atoms with Crippen molar-refractivity contribution in [2.75, 3.05) is 24.2 Å². The van der Waals surface area contributed by atoms with Crippen molar-refractivity contribution in [1.82, 2.24) is 10.6 Å². The van der Waals surface area contributed by atoms with Gasteiger partial charge in [-0.05, 0) is 55.7 Å². The molecule has 0 radical (unpaired) electrons. The van der Waals surface area contributed by atoms with Gasteiger partial charge < -0.3 is 15.5 Å². The first-order chi connectivity index (χ1) is 18.3. The number of piperidine rings is 1. The number of carbonyl (C=O) groups excluding carboxylic acids is 3. The fraction of sp³-hybridized carbons (Fsp3) is 0.444. The summed E-state index contributed by atoms with van der Waals surface area (Å²) in [4.78, 5) is 41.3. The van der Waals surface area contributed by atoms with Gasteiger partial charge in [0.15, 0.2) is 15.6 Å². The number of alkyl halides is 3. The lowest BCUT2D eigenvalue weighted by molar-refractivity contribution is -0.137. The number of amides is 2. The number of rotatable bonds is 6. The van der Waals surface area contributed by atoms with E-state index in [1.54, 1.807) is 23.1 Å². The van der Waals surface area contributed by atoms with Crippen molar-refractivity contribution in [3.05, 3.63) is 59.7 Å². The Hall–Kier alpha value is -3.41. The van der Waals surface area contributed by atoms with E-state index in [9.17, 15) is 36.0 Å². The summed E-state index contributed by atoms with van der Waals surface area (Å²) in [7, 11) is -3.52. The predicted octanol–water partition coefficient (Wildman–Crippen LogP) is 3.51. The molecule has 2 N–H and O–H groups in total. The molecule has 0 bridgehead atoms. The standard InChI is InChI=1S/C27H30F3N3O5S/c1-39(37,38)23-8-4-3-7-21(23)33-16-13-20(22(34)17-33)31-25(36)26(14-5-2-6-15-26)32-24(35)18-9-11-19(12-10-18)27(28,29)30/h3-4,7-12,20H,2,5-6,13-17H2,1H3,(H,31,36)(H,32,35). The second kappa shape index (κ2) is 11.0. The topological polar surface area (TPSA) is 113 Å². The predicted molar refractivity (Wildman–Crippen MR) is 138 cm³/mol. The van der Waals surface area contributed by atoms with Crippen LogP contribution < -0.4 is 15.5 Å². The average molecular weight is 566 g/mol. The van der Waals surface area contributed by atoms with Crippen molar-refractivity contribution in [2.45, 2.75) is 61.2 Å². The molecule has 1 saturated heterocycles. The fourth-order valence-corrected chi connectivity index (χ4v) is 6.08. The van der Waals surface area contributed by atoms with Crippen LogP contribution in [0.5, 0.6) is 0 Å². The zero-order valence-electron chi connectivity index (χ0n) is 21.4. The summed E-state index contributed by atoms with van der Waals surface area (Å²) >= 11 is 0. The van der Waals surface area contributed by atoms with Crippen molar-refractivity contribution in [2.24, 2.45) is 0 Å². The molecule has 8 nitrogen and oxygen atoms in total. The van der Waals surface area contributed by atoms with Crippen LogP contribution in [0.4, 0.5) is 18.9 Å². The van der Waals surface area contributed by atoms with Crippen LogP contribution in [0.2, 0.25) is 0 Å². The average Bonchev–Trinajstić information content (AvgIpc) is 2.89. The van der Waals surface area contributed by atoms with Gasteiger partial charge in [0.1, 0.15) is 5.54 Å². The van der Waals surface area contributed by atoms with Gasteiger partial charge in [-0.25, -0.2) is 8.42 Å². The first kappa shape index (κ1) is 28.6. The molecule has 12 heteroatoms. The lowest BCUT2D eigenvalue weighted by Gasteiger charge is -2.39. The number of carbonyl (C=O) groups is 3. The van der Waals surface area contributed by atoms with Crippen LogP contribution in [0.15, 0.2) is 53.4 Å². The highest BCUT2D eigenvalue weighted by Gasteiger charge is 2.43. The van der Waals surface area contributed by atoms with Crippen LogP contribution in [0.1, 0.15) is 54.4 Å². The van der Waals surface area contributed by atoms with Crippen molar-refractivity contribution in [3.63, 3.8) is 0 Å². The molecule has 1 atom stereocenters. The van der Waals surface area contributed by atoms with E-state index in [0.717, 1.165) is 36.9 Å². The van der Waals surface area contributed by atoms with Crippen LogP contribution in [-0.4, -0.2) is 56.9 Å². The fourth-order valence-electron chi connectivity index (χ4n) is 5.17. The minimum atomic E-state index is -4.53. The van der Waals surface area contributed by atoms with Gasteiger partial charge >= 0.3 is 6.18 Å². The summed E-state index contributed by atoms with van der Waals surface area (Å²) in [6.07, 6.45) is -0.337. The summed E-state index contributed by atoms with van der Waals surface area (Å²) in [5.74, 6) is -1.47. The van der Waals surface area contributed by atoms with Gasteiger partial charge in [0.2, 0.25) is 5.91 Å². The van der Waals surface area contributed by atoms with Crippen LogP contribution >= 0.6 is 0 Å². The van der Waals surface area contributed by atoms with E-state index in [0.29, 0.717) is 37.9 Å². The van der Waals surface area contributed by atoms with E-state index in [2.05, 4.69) is 10.6 Å². The third-order valence-corrected chi connectivity index (χ3v) is 8.45. The van der Waals surface area contributed by atoms with Gasteiger partial charge in [-0.15, -0.1) is 0 Å². The lowest BCUT2D eigenvalue weighted by atomic mass is 9.80. The van der Waals surface area contributed by atoms with Crippen molar-refractivity contribution >= 4 is 33.1 Å². The minimum Gasteiger partial charge on any atom is -0.363 e. The van der Waals surface area contributed by atoms with Gasteiger partial charge in [-0.3, -0.25) is 14.4 Å². The number of nitrogens with zero attached hydrogens (tertiary/aromatic N) is 1. The molecular formula is C27H30F3N3O5S. The second-order valence-electron chi connectivity index (χ2n) is 10.1. The Labute approximate surface area is 224 Å². The molecule has 2 amide bonds. The summed E-state index contributed by atoms with van der Waals surface area (Å²) in [5.41, 5.74) is -1.76. The van der Waals surface area contributed by atoms with Crippen molar-refractivity contribution in [1.29, 1.82) is 0 Å². The maximum atomic E-state index is 13.5. The molecule has 2 aliphatic rings. The molecule has 2 fully saturated rings. The van der Waals surface area contributed by atoms with Crippen LogP contribution in [0, 0.1) is 0 Å². The monoisotopic (exact) mass is 565 g/mol. The number of hydrogen-bond acceptors (Lipinski definition) is 6. The third-order valence-electron chi connectivity index (χ3n) is 7.30. The second-order valence-corrected chi connectivity index (χ2v) is 12.1. The normalized spacial score (nSPS) is 19.8. The molecule has 1 aliphatic heterocycles. The zero-order chi connectivity index (χ0) is 28.4. The van der Waals surface area contributed by atoms with E-state index < -0.39 is 45.0 Å². The highest BCUT2D eigenvalue weighted by atomic mass is 32.2. The lowest BCUT2D eigenvalue weighted by Crippen LogP contribution is -2.63. The highest BCUT2D eigenvalue weighted by molar-refractivity contribution is 7.90. The van der Waals surface area contributed by atoms with E-state index in [-0.39, 0.29) is 29.2 Å². The Balaban J connectivity index is 1.46. The quantitative estimate of drug-likeness (QED) is 0.555. The molecule has 2 aromatic rings. The number of halogens is 3. The number of sulfone groups is 1. The van der Waals surface area contributed by atoms with Crippen LogP contribution in [0.3, 0.4) is 0 Å². The SMILES string of the molecule is CS(=O)(=O)c1ccccc1N1CCC(NC(=O)C2(NC(=O)c3ccc(C(F)(F)F)cc3)CCCCC2)C(=O)C1. The van der Waals surface area contributed by atoms with Crippen LogP contribution in [-0.2, 0) is 25.6 Å². The molecule has 1 saturated carbocycles. The van der Waals surface area contributed by atoms with Gasteiger partial charge in [-0.1, -0.05) is 31.4 Å². The third kappa shape index (κ3) is 6.43. The van der Waals surface area contributed by atoms with E-state index >= 15 is 0 Å². The first-order valence-electron chi connectivity index (χ1n) is 12.7. The van der Waals surface area contributed by atoms with Gasteiger partial charge in [0.05, 0.1) is 28.7 Å². The minimum absolute atomic E-state index is 0.00493. The van der Waals surface area contributed by atoms with E-state index in [4.69, 9.17) is 0 Å². The largest absolute Gasteiger partial charge is 0.416 e. The summed E-state index contributed by atoms with van der Waals surface area (Å²) in [6.45, 7) is 0.233. The van der Waals surface area contributed by atoms with Gasteiger partial charge in [0, 0.05) is 18.4 Å². The molecule has 1 unspecified atom stereocenters. The molecular weight excluding hydrogens is 535 g/mol. The highest BCUT2D eigenvalue weighted by Crippen LogP contribution is 2.32. The molecule has 0 aromatic heterocycles. The Kier molecular flexibility index (Phi) is 8.06. The summed E-state index contributed by atoms with van der Waals surface area (Å²) < 4.78 is 63.1. The van der Waals surface area contributed by atoms with Crippen molar-refractivity contribution < 1.29 is 36.0 Å². The summed E-state index contributed by atoms with van der Waals surface area (Å²) in [6, 6.07) is 9.37. The van der Waals surface area contributed by atoms with Gasteiger partial charge in [0.25, 0.3) is 5.91 Å². The number of ketones is 1. The number of benzene rings is 2. The number of hydrogen-bond donors (Lipinski definition) is 2. The Bertz CT molecular complexity index is 1350. The number of para-hydroxylation sites is 1. The molecule has 0 spiro atoms. The molecule has 1 aliphatic carbocycles. The number of Topliss-reactive ketones (excluding diaryl/α,β-unsaturated/α-hetero) is 1. The first-order valence-corrected chi connectivity index (χ1v) is 14.6. The number of anilines is 1. The Morgan fingerprint density at radius 2 is 1.64 bits per heavy atom. The molecule has 39 heavy (non-hydrogen) atoms.